The van der Waals surface area contributed by atoms with Crippen LogP contribution in [0.2, 0.25) is 0 Å². The van der Waals surface area contributed by atoms with Gasteiger partial charge in [0.25, 0.3) is 0 Å². The van der Waals surface area contributed by atoms with Gasteiger partial charge in [0, 0.05) is 12.1 Å². The molecule has 0 aliphatic carbocycles. The Balaban J connectivity index is 2.54. The second kappa shape index (κ2) is 6.93. The van der Waals surface area contributed by atoms with Gasteiger partial charge in [0.05, 0.1) is 7.11 Å². The van der Waals surface area contributed by atoms with Crippen molar-refractivity contribution in [2.24, 2.45) is 0 Å². The molecule has 1 aromatic carbocycles. The first kappa shape index (κ1) is 16.0. The Morgan fingerprint density at radius 3 is 2.70 bits per heavy atom. The van der Waals surface area contributed by atoms with Gasteiger partial charge in [-0.05, 0) is 26.8 Å². The zero-order valence-electron chi connectivity index (χ0n) is 12.2. The van der Waals surface area contributed by atoms with Crippen molar-refractivity contribution < 1.29 is 18.7 Å². The van der Waals surface area contributed by atoms with Gasteiger partial charge in [-0.2, -0.15) is 0 Å². The van der Waals surface area contributed by atoms with E-state index in [1.807, 2.05) is 0 Å². The number of hydrogen-bond donors (Lipinski definition) is 1. The molecule has 0 saturated carbocycles. The number of alkyl carbamates (subject to hydrolysis) is 1. The number of ether oxygens (including phenoxy) is 2. The van der Waals surface area contributed by atoms with E-state index < -0.39 is 17.5 Å². The minimum Gasteiger partial charge on any atom is -0.493 e. The van der Waals surface area contributed by atoms with Crippen molar-refractivity contribution >= 4 is 12.2 Å². The highest BCUT2D eigenvalue weighted by molar-refractivity contribution is 5.68. The maximum absolute atomic E-state index is 13.4. The Hall–Kier alpha value is -2.04. The van der Waals surface area contributed by atoms with Crippen molar-refractivity contribution in [3.05, 3.63) is 35.7 Å². The van der Waals surface area contributed by atoms with Crippen molar-refractivity contribution in [1.29, 1.82) is 0 Å². The molecule has 0 spiro atoms. The lowest BCUT2D eigenvalue weighted by Crippen LogP contribution is -2.32. The molecule has 0 bridgehead atoms. The first-order valence-electron chi connectivity index (χ1n) is 6.29. The molecular weight excluding hydrogens is 261 g/mol. The van der Waals surface area contributed by atoms with Crippen molar-refractivity contribution in [3.63, 3.8) is 0 Å². The summed E-state index contributed by atoms with van der Waals surface area (Å²) in [6, 6.07) is 4.65. The summed E-state index contributed by atoms with van der Waals surface area (Å²) in [4.78, 5) is 11.4. The molecule has 1 amide bonds. The third-order valence-corrected chi connectivity index (χ3v) is 2.26. The predicted molar refractivity (Wildman–Crippen MR) is 76.2 cm³/mol. The number of carbonyl (C=O) groups excluding carboxylic acids is 1. The van der Waals surface area contributed by atoms with Gasteiger partial charge in [-0.1, -0.05) is 24.3 Å². The van der Waals surface area contributed by atoms with Crippen molar-refractivity contribution in [1.82, 2.24) is 5.32 Å². The van der Waals surface area contributed by atoms with E-state index in [-0.39, 0.29) is 12.3 Å². The van der Waals surface area contributed by atoms with E-state index in [1.165, 1.54) is 13.2 Å². The van der Waals surface area contributed by atoms with E-state index in [9.17, 15) is 9.18 Å². The summed E-state index contributed by atoms with van der Waals surface area (Å²) in [6.07, 6.45) is 2.88. The van der Waals surface area contributed by atoms with E-state index >= 15 is 0 Å². The van der Waals surface area contributed by atoms with E-state index in [0.29, 0.717) is 5.56 Å². The SMILES string of the molecule is COc1c(F)cccc1C=CCNC(=O)OC(C)(C)C. The summed E-state index contributed by atoms with van der Waals surface area (Å²) < 4.78 is 23.5. The molecule has 110 valence electrons. The number of methoxy groups -OCH3 is 1. The summed E-state index contributed by atoms with van der Waals surface area (Å²) in [7, 11) is 1.41. The number of halogens is 1. The molecule has 0 unspecified atom stereocenters. The van der Waals surface area contributed by atoms with Crippen LogP contribution in [0.1, 0.15) is 26.3 Å². The fourth-order valence-corrected chi connectivity index (χ4v) is 1.51. The van der Waals surface area contributed by atoms with Crippen LogP contribution in [0.4, 0.5) is 9.18 Å². The molecule has 0 aliphatic rings. The largest absolute Gasteiger partial charge is 0.493 e. The number of rotatable bonds is 4. The molecule has 5 heteroatoms. The highest BCUT2D eigenvalue weighted by Crippen LogP contribution is 2.23. The van der Waals surface area contributed by atoms with Crippen LogP contribution < -0.4 is 10.1 Å². The number of nitrogens with one attached hydrogen (secondary N) is 1. The van der Waals surface area contributed by atoms with Crippen LogP contribution in [0.25, 0.3) is 6.08 Å². The summed E-state index contributed by atoms with van der Waals surface area (Å²) in [6.45, 7) is 5.66. The van der Waals surface area contributed by atoms with Gasteiger partial charge in [-0.3, -0.25) is 0 Å². The molecule has 1 aromatic rings. The lowest BCUT2D eigenvalue weighted by atomic mass is 10.2. The highest BCUT2D eigenvalue weighted by atomic mass is 19.1. The van der Waals surface area contributed by atoms with Crippen molar-refractivity contribution in [2.45, 2.75) is 26.4 Å². The highest BCUT2D eigenvalue weighted by Gasteiger charge is 2.15. The molecule has 0 atom stereocenters. The molecule has 0 aromatic heterocycles. The van der Waals surface area contributed by atoms with Crippen LogP contribution >= 0.6 is 0 Å². The zero-order valence-corrected chi connectivity index (χ0v) is 12.2. The van der Waals surface area contributed by atoms with Gasteiger partial charge in [-0.15, -0.1) is 0 Å². The van der Waals surface area contributed by atoms with Crippen LogP contribution in [0.5, 0.6) is 5.75 Å². The Bertz CT molecular complexity index is 492. The van der Waals surface area contributed by atoms with Gasteiger partial charge in [0.2, 0.25) is 0 Å². The van der Waals surface area contributed by atoms with Crippen LogP contribution in [0.3, 0.4) is 0 Å². The third kappa shape index (κ3) is 5.30. The van der Waals surface area contributed by atoms with Crippen LogP contribution in [0.15, 0.2) is 24.3 Å². The van der Waals surface area contributed by atoms with Gasteiger partial charge >= 0.3 is 6.09 Å². The first-order chi connectivity index (χ1) is 9.33. The average molecular weight is 281 g/mol. The van der Waals surface area contributed by atoms with Crippen LogP contribution in [-0.2, 0) is 4.74 Å². The molecule has 1 rings (SSSR count). The topological polar surface area (TPSA) is 47.6 Å². The molecule has 1 N–H and O–H groups in total. The number of para-hydroxylation sites is 1. The molecule has 0 aliphatic heterocycles. The zero-order chi connectivity index (χ0) is 15.2. The molecule has 0 saturated heterocycles. The molecular formula is C15H20FNO3. The van der Waals surface area contributed by atoms with Gasteiger partial charge in [0.15, 0.2) is 11.6 Å². The summed E-state index contributed by atoms with van der Waals surface area (Å²) >= 11 is 0. The second-order valence-electron chi connectivity index (χ2n) is 5.15. The monoisotopic (exact) mass is 281 g/mol. The Morgan fingerprint density at radius 1 is 1.40 bits per heavy atom. The van der Waals surface area contributed by atoms with E-state index in [4.69, 9.17) is 9.47 Å². The van der Waals surface area contributed by atoms with E-state index in [1.54, 1.807) is 45.1 Å². The number of benzene rings is 1. The van der Waals surface area contributed by atoms with Crippen LogP contribution in [-0.4, -0.2) is 25.3 Å². The van der Waals surface area contributed by atoms with Crippen molar-refractivity contribution in [2.75, 3.05) is 13.7 Å². The van der Waals surface area contributed by atoms with E-state index in [2.05, 4.69) is 5.32 Å². The number of carbonyl (C=O) groups is 1. The summed E-state index contributed by atoms with van der Waals surface area (Å²) in [5, 5.41) is 2.58. The Labute approximate surface area is 118 Å². The predicted octanol–water partition coefficient (Wildman–Crippen LogP) is 3.37. The smallest absolute Gasteiger partial charge is 0.407 e. The lowest BCUT2D eigenvalue weighted by molar-refractivity contribution is 0.0534. The molecule has 0 radical (unpaired) electrons. The van der Waals surface area contributed by atoms with Crippen LogP contribution in [0, 0.1) is 5.82 Å². The molecule has 0 fully saturated rings. The maximum Gasteiger partial charge on any atom is 0.407 e. The second-order valence-corrected chi connectivity index (χ2v) is 5.15. The summed E-state index contributed by atoms with van der Waals surface area (Å²) in [5.74, 6) is -0.240. The standard InChI is InChI=1S/C15H20FNO3/c1-15(2,3)20-14(18)17-10-6-8-11-7-5-9-12(16)13(11)19-4/h5-9H,10H2,1-4H3,(H,17,18). The van der Waals surface area contributed by atoms with Gasteiger partial charge in [-0.25, -0.2) is 9.18 Å². The number of amides is 1. The Morgan fingerprint density at radius 2 is 2.10 bits per heavy atom. The normalized spacial score (nSPS) is 11.4. The van der Waals surface area contributed by atoms with E-state index in [0.717, 1.165) is 0 Å². The van der Waals surface area contributed by atoms with Gasteiger partial charge in [0.1, 0.15) is 5.60 Å². The van der Waals surface area contributed by atoms with Crippen molar-refractivity contribution in [3.8, 4) is 5.75 Å². The molecule has 4 nitrogen and oxygen atoms in total. The quantitative estimate of drug-likeness (QED) is 0.920. The fourth-order valence-electron chi connectivity index (χ4n) is 1.51. The lowest BCUT2D eigenvalue weighted by Gasteiger charge is -2.19. The minimum absolute atomic E-state index is 0.181. The first-order valence-corrected chi connectivity index (χ1v) is 6.29. The Kier molecular flexibility index (Phi) is 5.55. The maximum atomic E-state index is 13.4. The number of hydrogen-bond acceptors (Lipinski definition) is 3. The summed E-state index contributed by atoms with van der Waals surface area (Å²) in [5.41, 5.74) is 0.0815. The minimum atomic E-state index is -0.528. The molecule has 20 heavy (non-hydrogen) atoms. The fraction of sp³-hybridized carbons (Fsp3) is 0.400. The third-order valence-electron chi connectivity index (χ3n) is 2.26. The van der Waals surface area contributed by atoms with Gasteiger partial charge < -0.3 is 14.8 Å². The average Bonchev–Trinajstić information content (AvgIpc) is 2.32. The molecule has 0 heterocycles.